The number of ether oxygens (including phenoxy) is 2. The minimum absolute atomic E-state index is 0.188. The normalized spacial score (nSPS) is 14.5. The van der Waals surface area contributed by atoms with Gasteiger partial charge in [0.05, 0.1) is 6.10 Å². The van der Waals surface area contributed by atoms with Gasteiger partial charge in [-0.3, -0.25) is 0 Å². The molecule has 116 valence electrons. The lowest BCUT2D eigenvalue weighted by atomic mass is 9.99. The van der Waals surface area contributed by atoms with E-state index in [0.717, 1.165) is 38.9 Å². The lowest BCUT2D eigenvalue weighted by molar-refractivity contribution is -0.0562. The molecule has 0 fully saturated rings. The van der Waals surface area contributed by atoms with Gasteiger partial charge in [0.2, 0.25) is 0 Å². The number of hydrogen-bond acceptors (Lipinski definition) is 3. The molecule has 0 rings (SSSR count). The Kier molecular flexibility index (Phi) is 14.2. The molecule has 0 aliphatic carbocycles. The van der Waals surface area contributed by atoms with Gasteiger partial charge in [0.25, 0.3) is 0 Å². The minimum atomic E-state index is -0.188. The van der Waals surface area contributed by atoms with Crippen LogP contribution in [0.1, 0.15) is 72.1 Å². The zero-order valence-electron chi connectivity index (χ0n) is 13.2. The second-order valence-electron chi connectivity index (χ2n) is 5.68. The van der Waals surface area contributed by atoms with E-state index in [0.29, 0.717) is 12.7 Å². The summed E-state index contributed by atoms with van der Waals surface area (Å²) in [5.41, 5.74) is 0. The monoisotopic (exact) mass is 274 g/mol. The van der Waals surface area contributed by atoms with E-state index < -0.39 is 0 Å². The van der Waals surface area contributed by atoms with E-state index in [9.17, 15) is 5.11 Å². The molecule has 2 unspecified atom stereocenters. The van der Waals surface area contributed by atoms with Crippen LogP contribution in [0.5, 0.6) is 0 Å². The van der Waals surface area contributed by atoms with Crippen LogP contribution in [0, 0.1) is 5.92 Å². The zero-order valence-corrected chi connectivity index (χ0v) is 13.2. The van der Waals surface area contributed by atoms with E-state index in [1.54, 1.807) is 0 Å². The highest BCUT2D eigenvalue weighted by Crippen LogP contribution is 2.12. The van der Waals surface area contributed by atoms with Crippen LogP contribution in [0.4, 0.5) is 0 Å². The van der Waals surface area contributed by atoms with E-state index in [1.807, 2.05) is 6.92 Å². The summed E-state index contributed by atoms with van der Waals surface area (Å²) in [6.07, 6.45) is 9.22. The van der Waals surface area contributed by atoms with E-state index >= 15 is 0 Å². The van der Waals surface area contributed by atoms with E-state index in [1.165, 1.54) is 25.7 Å². The number of aliphatic hydroxyl groups is 1. The maximum atomic E-state index is 9.25. The number of rotatable bonds is 14. The summed E-state index contributed by atoms with van der Waals surface area (Å²) >= 11 is 0. The summed E-state index contributed by atoms with van der Waals surface area (Å²) in [7, 11) is 0. The zero-order chi connectivity index (χ0) is 14.3. The quantitative estimate of drug-likeness (QED) is 0.382. The number of hydrogen-bond donors (Lipinski definition) is 1. The van der Waals surface area contributed by atoms with Crippen molar-refractivity contribution in [3.05, 3.63) is 0 Å². The first-order chi connectivity index (χ1) is 9.16. The van der Waals surface area contributed by atoms with Crippen LogP contribution in [-0.4, -0.2) is 31.2 Å². The SMILES string of the molecule is CCCCCCCOCOCCCC(C)CC(C)O. The Bertz CT molecular complexity index is 171. The molecule has 0 aliphatic rings. The highest BCUT2D eigenvalue weighted by atomic mass is 16.7. The van der Waals surface area contributed by atoms with Crippen LogP contribution in [0.3, 0.4) is 0 Å². The standard InChI is InChI=1S/C16H34O3/c1-4-5-6-7-8-11-18-14-19-12-9-10-15(2)13-16(3)17/h15-17H,4-14H2,1-3H3. The Labute approximate surface area is 119 Å². The second-order valence-corrected chi connectivity index (χ2v) is 5.68. The highest BCUT2D eigenvalue weighted by Gasteiger charge is 2.05. The van der Waals surface area contributed by atoms with Crippen LogP contribution in [0.15, 0.2) is 0 Å². The third kappa shape index (κ3) is 15.8. The lowest BCUT2D eigenvalue weighted by Crippen LogP contribution is -2.09. The molecule has 0 spiro atoms. The predicted octanol–water partition coefficient (Wildman–Crippen LogP) is 4.13. The van der Waals surface area contributed by atoms with Gasteiger partial charge in [-0.2, -0.15) is 0 Å². The average molecular weight is 274 g/mol. The molecule has 0 aromatic heterocycles. The van der Waals surface area contributed by atoms with Gasteiger partial charge in [-0.05, 0) is 38.5 Å². The third-order valence-corrected chi connectivity index (χ3v) is 3.29. The topological polar surface area (TPSA) is 38.7 Å². The Balaban J connectivity index is 3.06. The van der Waals surface area contributed by atoms with Gasteiger partial charge in [-0.25, -0.2) is 0 Å². The predicted molar refractivity (Wildman–Crippen MR) is 80.2 cm³/mol. The van der Waals surface area contributed by atoms with Crippen molar-refractivity contribution in [1.29, 1.82) is 0 Å². The molecule has 0 heterocycles. The molecule has 0 bridgehead atoms. The van der Waals surface area contributed by atoms with Crippen molar-refractivity contribution in [2.24, 2.45) is 5.92 Å². The van der Waals surface area contributed by atoms with Crippen molar-refractivity contribution in [3.63, 3.8) is 0 Å². The molecule has 3 heteroatoms. The molecular formula is C16H34O3. The summed E-state index contributed by atoms with van der Waals surface area (Å²) in [6.45, 7) is 8.27. The maximum absolute atomic E-state index is 9.25. The third-order valence-electron chi connectivity index (χ3n) is 3.29. The van der Waals surface area contributed by atoms with Gasteiger partial charge in [-0.1, -0.05) is 39.5 Å². The van der Waals surface area contributed by atoms with Crippen molar-refractivity contribution in [1.82, 2.24) is 0 Å². The van der Waals surface area contributed by atoms with Gasteiger partial charge in [0, 0.05) is 13.2 Å². The van der Waals surface area contributed by atoms with Crippen LogP contribution in [-0.2, 0) is 9.47 Å². The molecule has 0 saturated carbocycles. The van der Waals surface area contributed by atoms with Crippen LogP contribution in [0.25, 0.3) is 0 Å². The summed E-state index contributed by atoms with van der Waals surface area (Å²) in [6, 6.07) is 0. The van der Waals surface area contributed by atoms with Gasteiger partial charge in [0.15, 0.2) is 0 Å². The molecule has 0 aliphatic heterocycles. The fourth-order valence-corrected chi connectivity index (χ4v) is 2.22. The Morgan fingerprint density at radius 3 is 2.16 bits per heavy atom. The highest BCUT2D eigenvalue weighted by molar-refractivity contribution is 4.57. The van der Waals surface area contributed by atoms with Crippen molar-refractivity contribution >= 4 is 0 Å². The van der Waals surface area contributed by atoms with Crippen LogP contribution >= 0.6 is 0 Å². The van der Waals surface area contributed by atoms with Crippen LogP contribution < -0.4 is 0 Å². The Morgan fingerprint density at radius 2 is 1.53 bits per heavy atom. The number of aliphatic hydroxyl groups excluding tert-OH is 1. The van der Waals surface area contributed by atoms with E-state index in [-0.39, 0.29) is 6.10 Å². The molecule has 0 amide bonds. The van der Waals surface area contributed by atoms with Crippen LogP contribution in [0.2, 0.25) is 0 Å². The van der Waals surface area contributed by atoms with Gasteiger partial charge in [-0.15, -0.1) is 0 Å². The molecule has 2 atom stereocenters. The number of unbranched alkanes of at least 4 members (excludes halogenated alkanes) is 4. The fraction of sp³-hybridized carbons (Fsp3) is 1.00. The van der Waals surface area contributed by atoms with Gasteiger partial charge in [0.1, 0.15) is 6.79 Å². The maximum Gasteiger partial charge on any atom is 0.146 e. The molecule has 0 aromatic rings. The molecule has 0 saturated heterocycles. The molecule has 1 N–H and O–H groups in total. The smallest absolute Gasteiger partial charge is 0.146 e. The van der Waals surface area contributed by atoms with Crippen molar-refractivity contribution in [3.8, 4) is 0 Å². The fourth-order valence-electron chi connectivity index (χ4n) is 2.22. The van der Waals surface area contributed by atoms with Gasteiger partial charge >= 0.3 is 0 Å². The first-order valence-electron chi connectivity index (χ1n) is 8.00. The largest absolute Gasteiger partial charge is 0.393 e. The van der Waals surface area contributed by atoms with Crippen molar-refractivity contribution in [2.75, 3.05) is 20.0 Å². The summed E-state index contributed by atoms with van der Waals surface area (Å²) in [5.74, 6) is 0.572. The average Bonchev–Trinajstić information content (AvgIpc) is 2.35. The lowest BCUT2D eigenvalue weighted by Gasteiger charge is -2.13. The van der Waals surface area contributed by atoms with Crippen molar-refractivity contribution < 1.29 is 14.6 Å². The first kappa shape index (κ1) is 18.9. The molecule has 3 nitrogen and oxygen atoms in total. The summed E-state index contributed by atoms with van der Waals surface area (Å²) < 4.78 is 10.9. The molecule has 0 aromatic carbocycles. The molecule has 0 radical (unpaired) electrons. The Morgan fingerprint density at radius 1 is 0.895 bits per heavy atom. The first-order valence-corrected chi connectivity index (χ1v) is 8.00. The minimum Gasteiger partial charge on any atom is -0.393 e. The second kappa shape index (κ2) is 14.3. The van der Waals surface area contributed by atoms with E-state index in [4.69, 9.17) is 9.47 Å². The van der Waals surface area contributed by atoms with Crippen molar-refractivity contribution in [2.45, 2.75) is 78.2 Å². The van der Waals surface area contributed by atoms with E-state index in [2.05, 4.69) is 13.8 Å². The summed E-state index contributed by atoms with van der Waals surface area (Å²) in [4.78, 5) is 0. The Hall–Kier alpha value is -0.120. The molecular weight excluding hydrogens is 240 g/mol. The summed E-state index contributed by atoms with van der Waals surface area (Å²) in [5, 5.41) is 9.25. The molecule has 19 heavy (non-hydrogen) atoms. The van der Waals surface area contributed by atoms with Gasteiger partial charge < -0.3 is 14.6 Å².